The summed E-state index contributed by atoms with van der Waals surface area (Å²) in [6.45, 7) is 0. The first-order chi connectivity index (χ1) is 5.11. The highest BCUT2D eigenvalue weighted by Gasteiger charge is 2.14. The molecular weight excluding hydrogens is 251 g/mol. The lowest BCUT2D eigenvalue weighted by molar-refractivity contribution is -0.108. The van der Waals surface area contributed by atoms with Crippen molar-refractivity contribution in [1.29, 1.82) is 0 Å². The van der Waals surface area contributed by atoms with E-state index in [-0.39, 0.29) is 0 Å². The van der Waals surface area contributed by atoms with Crippen molar-refractivity contribution in [3.05, 3.63) is 20.8 Å². The first-order valence-corrected chi connectivity index (χ1v) is 4.59. The fourth-order valence-corrected chi connectivity index (χ4v) is 2.01. The molecule has 11 heavy (non-hydrogen) atoms. The number of carbonyl (C=O) groups excluding carboxylic acids is 2. The molecule has 0 amide bonds. The second-order valence-electron chi connectivity index (χ2n) is 1.71. The molecule has 0 aliphatic carbocycles. The van der Waals surface area contributed by atoms with Crippen molar-refractivity contribution in [2.24, 2.45) is 0 Å². The first kappa shape index (κ1) is 8.90. The van der Waals surface area contributed by atoms with Gasteiger partial charge in [0.2, 0.25) is 0 Å². The van der Waals surface area contributed by atoms with Crippen molar-refractivity contribution in [3.8, 4) is 0 Å². The molecule has 58 valence electrons. The summed E-state index contributed by atoms with van der Waals surface area (Å²) in [7, 11) is 0. The van der Waals surface area contributed by atoms with Crippen LogP contribution < -0.4 is 0 Å². The molecule has 0 saturated heterocycles. The van der Waals surface area contributed by atoms with Crippen molar-refractivity contribution < 1.29 is 9.59 Å². The van der Waals surface area contributed by atoms with Gasteiger partial charge in [0, 0.05) is 0 Å². The highest BCUT2D eigenvalue weighted by atomic mass is 79.9. The van der Waals surface area contributed by atoms with Gasteiger partial charge in [-0.1, -0.05) is 0 Å². The minimum absolute atomic E-state index is 0.358. The highest BCUT2D eigenvalue weighted by molar-refractivity contribution is 9.11. The summed E-state index contributed by atoms with van der Waals surface area (Å²) in [6, 6.07) is 3.25. The molecule has 5 heteroatoms. The fourth-order valence-electron chi connectivity index (χ4n) is 0.533. The van der Waals surface area contributed by atoms with Gasteiger partial charge in [-0.05, 0) is 39.7 Å². The molecular formula is C6H2BrClO2S. The molecule has 0 aliphatic heterocycles. The molecule has 0 unspecified atom stereocenters. The molecule has 0 bridgehead atoms. The number of hydrogen-bond acceptors (Lipinski definition) is 3. The van der Waals surface area contributed by atoms with E-state index in [2.05, 4.69) is 15.9 Å². The Bertz CT molecular complexity index is 307. The Hall–Kier alpha value is -0.190. The quantitative estimate of drug-likeness (QED) is 0.461. The Balaban J connectivity index is 2.94. The van der Waals surface area contributed by atoms with E-state index in [0.29, 0.717) is 4.88 Å². The summed E-state index contributed by atoms with van der Waals surface area (Å²) in [5, 5.41) is -0.945. The van der Waals surface area contributed by atoms with Gasteiger partial charge < -0.3 is 0 Å². The van der Waals surface area contributed by atoms with Gasteiger partial charge in [0.1, 0.15) is 0 Å². The lowest BCUT2D eigenvalue weighted by atomic mass is 10.3. The van der Waals surface area contributed by atoms with E-state index in [9.17, 15) is 9.59 Å². The Kier molecular flexibility index (Phi) is 2.81. The van der Waals surface area contributed by atoms with Crippen LogP contribution in [0.2, 0.25) is 0 Å². The van der Waals surface area contributed by atoms with Crippen molar-refractivity contribution in [2.75, 3.05) is 0 Å². The summed E-state index contributed by atoms with van der Waals surface area (Å²) in [5.41, 5.74) is 0. The van der Waals surface area contributed by atoms with Gasteiger partial charge in [-0.15, -0.1) is 11.3 Å². The number of halogens is 2. The van der Waals surface area contributed by atoms with Gasteiger partial charge >= 0.3 is 0 Å². The number of ketones is 1. The average molecular weight is 254 g/mol. The maximum atomic E-state index is 10.9. The molecule has 0 saturated carbocycles. The average Bonchev–Trinajstić information content (AvgIpc) is 2.34. The second kappa shape index (κ2) is 3.47. The molecule has 1 aromatic heterocycles. The zero-order valence-electron chi connectivity index (χ0n) is 5.14. The van der Waals surface area contributed by atoms with Crippen molar-refractivity contribution in [2.45, 2.75) is 0 Å². The van der Waals surface area contributed by atoms with Gasteiger partial charge in [0.15, 0.2) is 0 Å². The van der Waals surface area contributed by atoms with Crippen LogP contribution in [0.3, 0.4) is 0 Å². The standard InChI is InChI=1S/C6H2BrClO2S/c7-4-2-1-3(11-4)5(9)6(8)10/h1-2H. The van der Waals surface area contributed by atoms with Gasteiger partial charge in [-0.3, -0.25) is 9.59 Å². The van der Waals surface area contributed by atoms with Gasteiger partial charge in [0.05, 0.1) is 8.66 Å². The van der Waals surface area contributed by atoms with E-state index in [1.807, 2.05) is 0 Å². The molecule has 0 fully saturated rings. The Labute approximate surface area is 80.3 Å². The number of rotatable bonds is 2. The van der Waals surface area contributed by atoms with E-state index in [1.165, 1.54) is 11.3 Å². The third-order valence-corrected chi connectivity index (χ3v) is 2.77. The largest absolute Gasteiger partial charge is 0.294 e. The topological polar surface area (TPSA) is 34.1 Å². The monoisotopic (exact) mass is 252 g/mol. The lowest BCUT2D eigenvalue weighted by Crippen LogP contribution is -2.04. The first-order valence-electron chi connectivity index (χ1n) is 2.61. The van der Waals surface area contributed by atoms with Crippen molar-refractivity contribution in [3.63, 3.8) is 0 Å². The summed E-state index contributed by atoms with van der Waals surface area (Å²) in [5.74, 6) is -0.651. The molecule has 1 aromatic rings. The van der Waals surface area contributed by atoms with Crippen LogP contribution in [-0.2, 0) is 4.79 Å². The maximum absolute atomic E-state index is 10.9. The predicted molar refractivity (Wildman–Crippen MR) is 47.2 cm³/mol. The Morgan fingerprint density at radius 2 is 2.09 bits per heavy atom. The van der Waals surface area contributed by atoms with Gasteiger partial charge in [-0.25, -0.2) is 0 Å². The van der Waals surface area contributed by atoms with Crippen LogP contribution in [-0.4, -0.2) is 11.0 Å². The predicted octanol–water partition coefficient (Wildman–Crippen LogP) is 2.46. The molecule has 0 spiro atoms. The minimum atomic E-state index is -0.945. The number of carbonyl (C=O) groups is 2. The van der Waals surface area contributed by atoms with Crippen LogP contribution in [0.25, 0.3) is 0 Å². The van der Waals surface area contributed by atoms with Crippen molar-refractivity contribution >= 4 is 49.9 Å². The number of hydrogen-bond donors (Lipinski definition) is 0. The van der Waals surface area contributed by atoms with Crippen LogP contribution in [0, 0.1) is 0 Å². The molecule has 0 atom stereocenters. The lowest BCUT2D eigenvalue weighted by Gasteiger charge is -1.84. The molecule has 0 N–H and O–H groups in total. The third kappa shape index (κ3) is 2.12. The van der Waals surface area contributed by atoms with Gasteiger partial charge in [-0.2, -0.15) is 0 Å². The van der Waals surface area contributed by atoms with Crippen LogP contribution in [0.4, 0.5) is 0 Å². The summed E-state index contributed by atoms with van der Waals surface area (Å²) in [6.07, 6.45) is 0. The minimum Gasteiger partial charge on any atom is -0.283 e. The molecule has 0 radical (unpaired) electrons. The third-order valence-electron chi connectivity index (χ3n) is 0.976. The molecule has 0 aliphatic rings. The smallest absolute Gasteiger partial charge is 0.283 e. The molecule has 1 rings (SSSR count). The molecule has 1 heterocycles. The zero-order valence-corrected chi connectivity index (χ0v) is 8.29. The van der Waals surface area contributed by atoms with E-state index < -0.39 is 11.0 Å². The SMILES string of the molecule is O=C(Cl)C(=O)c1ccc(Br)s1. The van der Waals surface area contributed by atoms with E-state index in [4.69, 9.17) is 11.6 Å². The zero-order chi connectivity index (χ0) is 8.43. The van der Waals surface area contributed by atoms with Crippen LogP contribution in [0.1, 0.15) is 9.67 Å². The van der Waals surface area contributed by atoms with Gasteiger partial charge in [0.25, 0.3) is 11.0 Å². The molecule has 2 nitrogen and oxygen atoms in total. The van der Waals surface area contributed by atoms with Crippen LogP contribution in [0.15, 0.2) is 15.9 Å². The van der Waals surface area contributed by atoms with Crippen LogP contribution >= 0.6 is 38.9 Å². The Morgan fingerprint density at radius 3 is 2.45 bits per heavy atom. The highest BCUT2D eigenvalue weighted by Crippen LogP contribution is 2.22. The summed E-state index contributed by atoms with van der Waals surface area (Å²) >= 11 is 9.32. The Morgan fingerprint density at radius 1 is 1.45 bits per heavy atom. The van der Waals surface area contributed by atoms with E-state index >= 15 is 0 Å². The summed E-state index contributed by atoms with van der Waals surface area (Å²) in [4.78, 5) is 21.6. The normalized spacial score (nSPS) is 9.64. The second-order valence-corrected chi connectivity index (χ2v) is 4.51. The fraction of sp³-hybridized carbons (Fsp3) is 0. The maximum Gasteiger partial charge on any atom is 0.294 e. The van der Waals surface area contributed by atoms with Crippen LogP contribution in [0.5, 0.6) is 0 Å². The molecule has 0 aromatic carbocycles. The summed E-state index contributed by atoms with van der Waals surface area (Å²) < 4.78 is 0.804. The number of thiophene rings is 1. The number of Topliss-reactive ketones (excluding diaryl/α,β-unsaturated/α-hetero) is 1. The van der Waals surface area contributed by atoms with E-state index in [1.54, 1.807) is 12.1 Å². The van der Waals surface area contributed by atoms with Crippen molar-refractivity contribution in [1.82, 2.24) is 0 Å². The van der Waals surface area contributed by atoms with E-state index in [0.717, 1.165) is 3.79 Å².